The average Bonchev–Trinajstić information content (AvgIpc) is 2.49. The Kier molecular flexibility index (Phi) is 8.19. The molecular weight excluding hydrogens is 266 g/mol. The Hall–Kier alpha value is -1.82. The van der Waals surface area contributed by atoms with Gasteiger partial charge >= 0.3 is 0 Å². The third-order valence-electron chi connectivity index (χ3n) is 2.74. The van der Waals surface area contributed by atoms with Crippen LogP contribution in [0.25, 0.3) is 0 Å². The van der Waals surface area contributed by atoms with Crippen LogP contribution in [0.5, 0.6) is 0 Å². The zero-order chi connectivity index (χ0) is 15.5. The number of nitrogens with one attached hydrogen (secondary N) is 2. The molecule has 0 aliphatic rings. The molecule has 0 radical (unpaired) electrons. The summed E-state index contributed by atoms with van der Waals surface area (Å²) in [5.41, 5.74) is 0.947. The second-order valence-corrected chi connectivity index (χ2v) is 4.70. The number of hydrogen-bond acceptors (Lipinski definition) is 4. The lowest BCUT2D eigenvalue weighted by atomic mass is 10.3. The molecule has 0 unspecified atom stereocenters. The van der Waals surface area contributed by atoms with Crippen molar-refractivity contribution in [3.05, 3.63) is 23.9 Å². The minimum absolute atomic E-state index is 0.547. The minimum atomic E-state index is 0.547. The largest absolute Gasteiger partial charge is 0.380 e. The monoisotopic (exact) mass is 293 g/mol. The van der Waals surface area contributed by atoms with E-state index in [1.54, 1.807) is 0 Å². The zero-order valence-electron chi connectivity index (χ0n) is 13.5. The molecule has 0 aliphatic carbocycles. The van der Waals surface area contributed by atoms with Crippen LogP contribution in [0.2, 0.25) is 0 Å². The first-order valence-electron chi connectivity index (χ1n) is 7.40. The lowest BCUT2D eigenvalue weighted by molar-refractivity contribution is 0.152. The second-order valence-electron chi connectivity index (χ2n) is 4.70. The van der Waals surface area contributed by atoms with Gasteiger partial charge < -0.3 is 20.3 Å². The van der Waals surface area contributed by atoms with Crippen LogP contribution in [0, 0.1) is 0 Å². The number of nitrogens with zero attached hydrogens (tertiary/aromatic N) is 3. The molecule has 1 aromatic heterocycles. The quantitative estimate of drug-likeness (QED) is 0.429. The highest BCUT2D eigenvalue weighted by Crippen LogP contribution is 2.08. The van der Waals surface area contributed by atoms with Crippen molar-refractivity contribution < 1.29 is 4.74 Å². The summed E-state index contributed by atoms with van der Waals surface area (Å²) in [4.78, 5) is 11.1. The number of pyridine rings is 1. The van der Waals surface area contributed by atoms with E-state index in [2.05, 4.69) is 20.6 Å². The molecule has 0 fully saturated rings. The summed E-state index contributed by atoms with van der Waals surface area (Å²) in [5.74, 6) is 1.73. The van der Waals surface area contributed by atoms with Crippen molar-refractivity contribution in [1.29, 1.82) is 0 Å². The van der Waals surface area contributed by atoms with Gasteiger partial charge in [0.05, 0.1) is 18.8 Å². The summed E-state index contributed by atoms with van der Waals surface area (Å²) in [5, 5.41) is 6.45. The van der Waals surface area contributed by atoms with E-state index in [1.807, 2.05) is 51.0 Å². The van der Waals surface area contributed by atoms with Crippen LogP contribution in [-0.4, -0.2) is 51.3 Å². The summed E-state index contributed by atoms with van der Waals surface area (Å²) < 4.78 is 5.30. The summed E-state index contributed by atoms with van der Waals surface area (Å²) in [7, 11) is 3.96. The Bertz CT molecular complexity index is 434. The van der Waals surface area contributed by atoms with Crippen LogP contribution in [-0.2, 0) is 11.3 Å². The van der Waals surface area contributed by atoms with Crippen LogP contribution in [0.15, 0.2) is 23.2 Å². The maximum absolute atomic E-state index is 5.30. The van der Waals surface area contributed by atoms with Gasteiger partial charge in [0.2, 0.25) is 0 Å². The fourth-order valence-electron chi connectivity index (χ4n) is 1.69. The predicted octanol–water partition coefficient (Wildman–Crippen LogP) is 1.24. The minimum Gasteiger partial charge on any atom is -0.380 e. The summed E-state index contributed by atoms with van der Waals surface area (Å²) in [6.07, 6.45) is 0. The third kappa shape index (κ3) is 6.94. The van der Waals surface area contributed by atoms with Crippen molar-refractivity contribution >= 4 is 11.8 Å². The van der Waals surface area contributed by atoms with Crippen molar-refractivity contribution in [3.63, 3.8) is 0 Å². The molecule has 0 aliphatic heterocycles. The maximum Gasteiger partial charge on any atom is 0.191 e. The SMILES string of the molecule is CCNC(=NCc1cccc(N(C)C)n1)NCCOCC. The molecule has 0 saturated heterocycles. The second kappa shape index (κ2) is 9.99. The van der Waals surface area contributed by atoms with Crippen LogP contribution in [0.3, 0.4) is 0 Å². The standard InChI is InChI=1S/C15H27N5O/c1-5-16-15(17-10-11-21-6-2)18-12-13-8-7-9-14(19-13)20(3)4/h7-9H,5-6,10-12H2,1-4H3,(H2,16,17,18). The average molecular weight is 293 g/mol. The first-order chi connectivity index (χ1) is 10.2. The van der Waals surface area contributed by atoms with E-state index < -0.39 is 0 Å². The fraction of sp³-hybridized carbons (Fsp3) is 0.600. The highest BCUT2D eigenvalue weighted by molar-refractivity contribution is 5.79. The number of rotatable bonds is 8. The molecular formula is C15H27N5O. The molecule has 2 N–H and O–H groups in total. The maximum atomic E-state index is 5.30. The summed E-state index contributed by atoms with van der Waals surface area (Å²) >= 11 is 0. The predicted molar refractivity (Wildman–Crippen MR) is 87.9 cm³/mol. The van der Waals surface area contributed by atoms with E-state index in [9.17, 15) is 0 Å². The first kappa shape index (κ1) is 17.2. The molecule has 6 heteroatoms. The van der Waals surface area contributed by atoms with Gasteiger partial charge in [-0.25, -0.2) is 9.98 Å². The van der Waals surface area contributed by atoms with Gasteiger partial charge in [-0.1, -0.05) is 6.07 Å². The Morgan fingerprint density at radius 1 is 1.29 bits per heavy atom. The van der Waals surface area contributed by atoms with E-state index in [4.69, 9.17) is 4.74 Å². The Labute approximate surface area is 127 Å². The number of hydrogen-bond donors (Lipinski definition) is 2. The van der Waals surface area contributed by atoms with Crippen LogP contribution in [0.4, 0.5) is 5.82 Å². The van der Waals surface area contributed by atoms with Gasteiger partial charge in [-0.15, -0.1) is 0 Å². The molecule has 0 amide bonds. The van der Waals surface area contributed by atoms with Gasteiger partial charge in [0.1, 0.15) is 5.82 Å². The van der Waals surface area contributed by atoms with E-state index in [0.29, 0.717) is 13.2 Å². The number of aliphatic imine (C=N–C) groups is 1. The number of ether oxygens (including phenoxy) is 1. The molecule has 0 bridgehead atoms. The van der Waals surface area contributed by atoms with E-state index in [-0.39, 0.29) is 0 Å². The summed E-state index contributed by atoms with van der Waals surface area (Å²) in [6.45, 7) is 7.56. The molecule has 118 valence electrons. The molecule has 21 heavy (non-hydrogen) atoms. The summed E-state index contributed by atoms with van der Waals surface area (Å²) in [6, 6.07) is 5.97. The van der Waals surface area contributed by atoms with Gasteiger partial charge in [0, 0.05) is 33.8 Å². The lowest BCUT2D eigenvalue weighted by Gasteiger charge is -2.13. The van der Waals surface area contributed by atoms with Gasteiger partial charge in [-0.2, -0.15) is 0 Å². The molecule has 0 saturated carbocycles. The smallest absolute Gasteiger partial charge is 0.191 e. The van der Waals surface area contributed by atoms with Crippen molar-refractivity contribution in [2.45, 2.75) is 20.4 Å². The Balaban J connectivity index is 2.58. The highest BCUT2D eigenvalue weighted by atomic mass is 16.5. The van der Waals surface area contributed by atoms with Crippen molar-refractivity contribution in [2.75, 3.05) is 45.3 Å². The van der Waals surface area contributed by atoms with Crippen molar-refractivity contribution in [1.82, 2.24) is 15.6 Å². The van der Waals surface area contributed by atoms with Gasteiger partial charge in [0.15, 0.2) is 5.96 Å². The van der Waals surface area contributed by atoms with Crippen LogP contribution < -0.4 is 15.5 Å². The van der Waals surface area contributed by atoms with Crippen LogP contribution >= 0.6 is 0 Å². The molecule has 0 spiro atoms. The molecule has 6 nitrogen and oxygen atoms in total. The third-order valence-corrected chi connectivity index (χ3v) is 2.74. The Morgan fingerprint density at radius 2 is 2.10 bits per heavy atom. The van der Waals surface area contributed by atoms with Crippen LogP contribution in [0.1, 0.15) is 19.5 Å². The normalized spacial score (nSPS) is 11.3. The highest BCUT2D eigenvalue weighted by Gasteiger charge is 2.01. The van der Waals surface area contributed by atoms with Gasteiger partial charge in [-0.3, -0.25) is 0 Å². The molecule has 1 rings (SSSR count). The fourth-order valence-corrected chi connectivity index (χ4v) is 1.69. The number of guanidine groups is 1. The topological polar surface area (TPSA) is 61.8 Å². The molecule has 1 heterocycles. The molecule has 1 aromatic rings. The Morgan fingerprint density at radius 3 is 2.76 bits per heavy atom. The van der Waals surface area contributed by atoms with Gasteiger partial charge in [0.25, 0.3) is 0 Å². The number of aromatic nitrogens is 1. The number of anilines is 1. The molecule has 0 atom stereocenters. The van der Waals surface area contributed by atoms with Gasteiger partial charge in [-0.05, 0) is 26.0 Å². The van der Waals surface area contributed by atoms with Crippen molar-refractivity contribution in [2.24, 2.45) is 4.99 Å². The van der Waals surface area contributed by atoms with E-state index in [0.717, 1.165) is 37.2 Å². The molecule has 0 aromatic carbocycles. The zero-order valence-corrected chi connectivity index (χ0v) is 13.5. The van der Waals surface area contributed by atoms with Crippen molar-refractivity contribution in [3.8, 4) is 0 Å². The van der Waals surface area contributed by atoms with E-state index in [1.165, 1.54) is 0 Å². The lowest BCUT2D eigenvalue weighted by Crippen LogP contribution is -2.39. The first-order valence-corrected chi connectivity index (χ1v) is 7.40. The van der Waals surface area contributed by atoms with E-state index >= 15 is 0 Å².